The lowest BCUT2D eigenvalue weighted by Crippen LogP contribution is -2.00. The molecule has 0 unspecified atom stereocenters. The first-order valence-electron chi connectivity index (χ1n) is 4.82. The van der Waals surface area contributed by atoms with Crippen molar-refractivity contribution in [3.05, 3.63) is 24.3 Å². The van der Waals surface area contributed by atoms with Crippen LogP contribution in [0.15, 0.2) is 29.2 Å². The van der Waals surface area contributed by atoms with Gasteiger partial charge in [0.15, 0.2) is 0 Å². The molecule has 4 heteroatoms. The maximum Gasteiger partial charge on any atom is 0.303 e. The van der Waals surface area contributed by atoms with E-state index in [2.05, 4.69) is 12.6 Å². The normalized spacial score (nSPS) is 9.93. The van der Waals surface area contributed by atoms with Gasteiger partial charge in [0.1, 0.15) is 5.75 Å². The van der Waals surface area contributed by atoms with E-state index in [0.29, 0.717) is 13.0 Å². The number of ether oxygens (including phenoxy) is 1. The van der Waals surface area contributed by atoms with Crippen LogP contribution in [0, 0.1) is 0 Å². The molecule has 82 valence electrons. The molecule has 0 saturated carbocycles. The van der Waals surface area contributed by atoms with Gasteiger partial charge in [-0.1, -0.05) is 6.07 Å². The van der Waals surface area contributed by atoms with Gasteiger partial charge < -0.3 is 9.84 Å². The molecule has 1 aromatic rings. The van der Waals surface area contributed by atoms with E-state index in [1.807, 2.05) is 24.3 Å². The number of carboxylic acids is 1. The maximum atomic E-state index is 10.2. The Bertz CT molecular complexity index is 325. The standard InChI is InChI=1S/C11H14O3S/c12-11(13)6-1-2-7-14-9-4-3-5-10(15)8-9/h3-5,8,15H,1-2,6-7H2,(H,12,13). The Hall–Kier alpha value is -1.16. The molecular weight excluding hydrogens is 212 g/mol. The molecule has 1 rings (SSSR count). The average molecular weight is 226 g/mol. The number of carboxylic acid groups (broad SMARTS) is 1. The molecule has 0 fully saturated rings. The lowest BCUT2D eigenvalue weighted by Gasteiger charge is -2.05. The van der Waals surface area contributed by atoms with Gasteiger partial charge in [0.2, 0.25) is 0 Å². The van der Waals surface area contributed by atoms with Crippen molar-refractivity contribution in [1.82, 2.24) is 0 Å². The van der Waals surface area contributed by atoms with Crippen molar-refractivity contribution >= 4 is 18.6 Å². The molecule has 0 amide bonds. The van der Waals surface area contributed by atoms with Crippen molar-refractivity contribution in [3.63, 3.8) is 0 Å². The van der Waals surface area contributed by atoms with Crippen LogP contribution in [0.25, 0.3) is 0 Å². The van der Waals surface area contributed by atoms with Crippen LogP contribution in [-0.4, -0.2) is 17.7 Å². The second-order valence-corrected chi connectivity index (χ2v) is 3.71. The molecule has 0 atom stereocenters. The molecule has 0 radical (unpaired) electrons. The first-order valence-corrected chi connectivity index (χ1v) is 5.27. The summed E-state index contributed by atoms with van der Waals surface area (Å²) in [6.07, 6.45) is 1.61. The Morgan fingerprint density at radius 2 is 2.20 bits per heavy atom. The number of benzene rings is 1. The summed E-state index contributed by atoms with van der Waals surface area (Å²) in [5, 5.41) is 8.42. The fourth-order valence-electron chi connectivity index (χ4n) is 1.14. The second-order valence-electron chi connectivity index (χ2n) is 3.20. The van der Waals surface area contributed by atoms with Gasteiger partial charge in [0.05, 0.1) is 6.61 Å². The molecule has 0 aliphatic heterocycles. The van der Waals surface area contributed by atoms with E-state index >= 15 is 0 Å². The minimum atomic E-state index is -0.757. The van der Waals surface area contributed by atoms with Crippen molar-refractivity contribution in [1.29, 1.82) is 0 Å². The molecule has 0 heterocycles. The molecule has 0 aromatic heterocycles. The summed E-state index contributed by atoms with van der Waals surface area (Å²) in [6.45, 7) is 0.546. The quantitative estimate of drug-likeness (QED) is 0.579. The van der Waals surface area contributed by atoms with Gasteiger partial charge in [-0.2, -0.15) is 0 Å². The number of hydrogen-bond acceptors (Lipinski definition) is 3. The van der Waals surface area contributed by atoms with Gasteiger partial charge >= 0.3 is 5.97 Å². The van der Waals surface area contributed by atoms with E-state index in [-0.39, 0.29) is 6.42 Å². The zero-order chi connectivity index (χ0) is 11.1. The second kappa shape index (κ2) is 6.35. The highest BCUT2D eigenvalue weighted by atomic mass is 32.1. The zero-order valence-electron chi connectivity index (χ0n) is 8.35. The van der Waals surface area contributed by atoms with Gasteiger partial charge in [0.25, 0.3) is 0 Å². The van der Waals surface area contributed by atoms with E-state index in [1.54, 1.807) is 0 Å². The monoisotopic (exact) mass is 226 g/mol. The van der Waals surface area contributed by atoms with Crippen LogP contribution < -0.4 is 4.74 Å². The molecule has 0 aliphatic carbocycles. The van der Waals surface area contributed by atoms with Crippen LogP contribution in [0.1, 0.15) is 19.3 Å². The summed E-state index contributed by atoms with van der Waals surface area (Å²) < 4.78 is 5.43. The molecule has 1 aromatic carbocycles. The van der Waals surface area contributed by atoms with Gasteiger partial charge in [-0.15, -0.1) is 12.6 Å². The molecule has 1 N–H and O–H groups in total. The third kappa shape index (κ3) is 5.32. The summed E-state index contributed by atoms with van der Waals surface area (Å²) in [7, 11) is 0. The first kappa shape index (κ1) is 11.9. The third-order valence-corrected chi connectivity index (χ3v) is 2.15. The minimum absolute atomic E-state index is 0.204. The van der Waals surface area contributed by atoms with Crippen LogP contribution >= 0.6 is 12.6 Å². The van der Waals surface area contributed by atoms with Gasteiger partial charge in [-0.25, -0.2) is 0 Å². The number of thiol groups is 1. The van der Waals surface area contributed by atoms with E-state index < -0.39 is 5.97 Å². The van der Waals surface area contributed by atoms with Gasteiger partial charge in [-0.3, -0.25) is 4.79 Å². The molecule has 3 nitrogen and oxygen atoms in total. The molecule has 0 bridgehead atoms. The Kier molecular flexibility index (Phi) is 5.04. The number of rotatable bonds is 6. The predicted octanol–water partition coefficient (Wildman–Crippen LogP) is 2.61. The number of hydrogen-bond donors (Lipinski definition) is 2. The first-order chi connectivity index (χ1) is 7.18. The van der Waals surface area contributed by atoms with E-state index in [0.717, 1.165) is 17.1 Å². The maximum absolute atomic E-state index is 10.2. The summed E-state index contributed by atoms with van der Waals surface area (Å²) in [5.74, 6) is 0.0187. The molecule has 0 saturated heterocycles. The summed E-state index contributed by atoms with van der Waals surface area (Å²) >= 11 is 4.19. The van der Waals surface area contributed by atoms with Crippen LogP contribution in [0.5, 0.6) is 5.75 Å². The molecular formula is C11H14O3S. The predicted molar refractivity (Wildman–Crippen MR) is 60.7 cm³/mol. The topological polar surface area (TPSA) is 46.5 Å². The van der Waals surface area contributed by atoms with E-state index in [1.165, 1.54) is 0 Å². The Morgan fingerprint density at radius 1 is 1.40 bits per heavy atom. The fourth-order valence-corrected chi connectivity index (χ4v) is 1.35. The fraction of sp³-hybridized carbons (Fsp3) is 0.364. The highest BCUT2D eigenvalue weighted by molar-refractivity contribution is 7.80. The van der Waals surface area contributed by atoms with E-state index in [4.69, 9.17) is 9.84 Å². The van der Waals surface area contributed by atoms with Crippen LogP contribution in [-0.2, 0) is 4.79 Å². The minimum Gasteiger partial charge on any atom is -0.494 e. The van der Waals surface area contributed by atoms with Crippen molar-refractivity contribution in [2.24, 2.45) is 0 Å². The lowest BCUT2D eigenvalue weighted by atomic mass is 10.2. The number of unbranched alkanes of at least 4 members (excludes halogenated alkanes) is 1. The Labute approximate surface area is 94.5 Å². The number of carbonyl (C=O) groups is 1. The smallest absolute Gasteiger partial charge is 0.303 e. The summed E-state index contributed by atoms with van der Waals surface area (Å²) in [5.41, 5.74) is 0. The third-order valence-electron chi connectivity index (χ3n) is 1.87. The van der Waals surface area contributed by atoms with E-state index in [9.17, 15) is 4.79 Å². The van der Waals surface area contributed by atoms with Crippen LogP contribution in [0.4, 0.5) is 0 Å². The van der Waals surface area contributed by atoms with Crippen LogP contribution in [0.3, 0.4) is 0 Å². The lowest BCUT2D eigenvalue weighted by molar-refractivity contribution is -0.137. The molecule has 15 heavy (non-hydrogen) atoms. The highest BCUT2D eigenvalue weighted by Crippen LogP contribution is 2.16. The van der Waals surface area contributed by atoms with Crippen molar-refractivity contribution in [2.45, 2.75) is 24.2 Å². The molecule has 0 aliphatic rings. The summed E-state index contributed by atoms with van der Waals surface area (Å²) in [4.78, 5) is 11.1. The Balaban J connectivity index is 2.17. The van der Waals surface area contributed by atoms with Crippen LogP contribution in [0.2, 0.25) is 0 Å². The highest BCUT2D eigenvalue weighted by Gasteiger charge is 1.97. The number of aliphatic carboxylic acids is 1. The van der Waals surface area contributed by atoms with Crippen molar-refractivity contribution in [3.8, 4) is 5.75 Å². The summed E-state index contributed by atoms with van der Waals surface area (Å²) in [6, 6.07) is 7.44. The van der Waals surface area contributed by atoms with Crippen molar-refractivity contribution in [2.75, 3.05) is 6.61 Å². The molecule has 0 spiro atoms. The zero-order valence-corrected chi connectivity index (χ0v) is 9.24. The SMILES string of the molecule is O=C(O)CCCCOc1cccc(S)c1. The van der Waals surface area contributed by atoms with Gasteiger partial charge in [0, 0.05) is 11.3 Å². The largest absolute Gasteiger partial charge is 0.494 e. The van der Waals surface area contributed by atoms with Gasteiger partial charge in [-0.05, 0) is 31.0 Å². The Morgan fingerprint density at radius 3 is 2.87 bits per heavy atom. The van der Waals surface area contributed by atoms with Crippen molar-refractivity contribution < 1.29 is 14.6 Å². The average Bonchev–Trinajstić information content (AvgIpc) is 2.17.